The van der Waals surface area contributed by atoms with Gasteiger partial charge in [-0.2, -0.15) is 0 Å². The lowest BCUT2D eigenvalue weighted by Crippen LogP contribution is -2.54. The van der Waals surface area contributed by atoms with Crippen LogP contribution in [0.5, 0.6) is 0 Å². The quantitative estimate of drug-likeness (QED) is 0.585. The highest BCUT2D eigenvalue weighted by Gasteiger charge is 2.38. The van der Waals surface area contributed by atoms with E-state index in [1.54, 1.807) is 0 Å². The summed E-state index contributed by atoms with van der Waals surface area (Å²) in [6, 6.07) is 0. The lowest BCUT2D eigenvalue weighted by Gasteiger charge is -2.46. The van der Waals surface area contributed by atoms with Gasteiger partial charge in [-0.1, -0.05) is 26.2 Å². The number of rotatable bonds is 0. The van der Waals surface area contributed by atoms with Crippen LogP contribution in [0, 0.1) is 5.92 Å². The van der Waals surface area contributed by atoms with Crippen LogP contribution in [-0.4, -0.2) is 12.1 Å². The lowest BCUT2D eigenvalue weighted by atomic mass is 9.69. The van der Waals surface area contributed by atoms with Crippen molar-refractivity contribution >= 4 is 0 Å². The zero-order valence-electron chi connectivity index (χ0n) is 8.23. The molecule has 1 nitrogen and oxygen atoms in total. The molecule has 2 atom stereocenters. The van der Waals surface area contributed by atoms with E-state index in [2.05, 4.69) is 12.2 Å². The summed E-state index contributed by atoms with van der Waals surface area (Å²) in [5.74, 6) is 0.923. The fraction of sp³-hybridized carbons (Fsp3) is 1.00. The molecule has 1 heteroatoms. The molecule has 0 radical (unpaired) electrons. The van der Waals surface area contributed by atoms with Gasteiger partial charge >= 0.3 is 0 Å². The standard InChI is InChI=1S/C11H21N/c1-10-6-2-3-7-11(10)8-4-5-9-12-11/h10,12H,2-9H2,1H3/t10?,11-/m1/s1. The molecule has 1 unspecified atom stereocenters. The highest BCUT2D eigenvalue weighted by atomic mass is 15.0. The summed E-state index contributed by atoms with van der Waals surface area (Å²) in [7, 11) is 0. The second-order valence-electron chi connectivity index (χ2n) is 4.69. The van der Waals surface area contributed by atoms with E-state index in [1.807, 2.05) is 0 Å². The van der Waals surface area contributed by atoms with Gasteiger partial charge in [-0.05, 0) is 38.1 Å². The molecule has 0 bridgehead atoms. The van der Waals surface area contributed by atoms with Gasteiger partial charge < -0.3 is 5.32 Å². The molecule has 1 N–H and O–H groups in total. The smallest absolute Gasteiger partial charge is 0.0207 e. The minimum absolute atomic E-state index is 0.566. The average Bonchev–Trinajstić information content (AvgIpc) is 2.12. The molecule has 1 aliphatic carbocycles. The summed E-state index contributed by atoms with van der Waals surface area (Å²) >= 11 is 0. The molecule has 1 aliphatic heterocycles. The molecule has 0 amide bonds. The van der Waals surface area contributed by atoms with E-state index in [9.17, 15) is 0 Å². The zero-order valence-corrected chi connectivity index (χ0v) is 8.23. The molecule has 1 saturated heterocycles. The molecule has 0 aromatic heterocycles. The maximum atomic E-state index is 3.78. The van der Waals surface area contributed by atoms with Crippen molar-refractivity contribution < 1.29 is 0 Å². The minimum Gasteiger partial charge on any atom is -0.311 e. The Bertz CT molecular complexity index is 139. The summed E-state index contributed by atoms with van der Waals surface area (Å²) in [5.41, 5.74) is 0.566. The van der Waals surface area contributed by atoms with E-state index in [-0.39, 0.29) is 0 Å². The van der Waals surface area contributed by atoms with Gasteiger partial charge in [0, 0.05) is 5.54 Å². The van der Waals surface area contributed by atoms with Gasteiger partial charge in [0.15, 0.2) is 0 Å². The summed E-state index contributed by atoms with van der Waals surface area (Å²) < 4.78 is 0. The Labute approximate surface area is 75.9 Å². The minimum atomic E-state index is 0.566. The van der Waals surface area contributed by atoms with E-state index in [4.69, 9.17) is 0 Å². The number of piperidine rings is 1. The van der Waals surface area contributed by atoms with Gasteiger partial charge in [0.05, 0.1) is 0 Å². The molecule has 0 aromatic carbocycles. The number of nitrogens with one attached hydrogen (secondary N) is 1. The molecule has 2 aliphatic rings. The van der Waals surface area contributed by atoms with Crippen molar-refractivity contribution in [2.75, 3.05) is 6.54 Å². The third kappa shape index (κ3) is 1.39. The van der Waals surface area contributed by atoms with E-state index >= 15 is 0 Å². The largest absolute Gasteiger partial charge is 0.311 e. The third-order valence-corrected chi connectivity index (χ3v) is 3.98. The summed E-state index contributed by atoms with van der Waals surface area (Å²) in [6.45, 7) is 3.71. The maximum Gasteiger partial charge on any atom is 0.0207 e. The molecule has 1 heterocycles. The van der Waals surface area contributed by atoms with Crippen LogP contribution in [0.4, 0.5) is 0 Å². The predicted molar refractivity (Wildman–Crippen MR) is 52.2 cm³/mol. The molecular formula is C11H21N. The van der Waals surface area contributed by atoms with Crippen molar-refractivity contribution in [1.29, 1.82) is 0 Å². The monoisotopic (exact) mass is 167 g/mol. The normalized spacial score (nSPS) is 43.2. The van der Waals surface area contributed by atoms with Crippen LogP contribution in [0.2, 0.25) is 0 Å². The highest BCUT2D eigenvalue weighted by Crippen LogP contribution is 2.38. The van der Waals surface area contributed by atoms with Crippen molar-refractivity contribution in [3.8, 4) is 0 Å². The van der Waals surface area contributed by atoms with Gasteiger partial charge in [-0.25, -0.2) is 0 Å². The molecule has 70 valence electrons. The first-order valence-electron chi connectivity index (χ1n) is 5.58. The summed E-state index contributed by atoms with van der Waals surface area (Å²) in [6.07, 6.45) is 10.1. The number of hydrogen-bond donors (Lipinski definition) is 1. The molecule has 0 aromatic rings. The topological polar surface area (TPSA) is 12.0 Å². The van der Waals surface area contributed by atoms with Crippen LogP contribution >= 0.6 is 0 Å². The molecular weight excluding hydrogens is 146 g/mol. The highest BCUT2D eigenvalue weighted by molar-refractivity contribution is 4.97. The van der Waals surface area contributed by atoms with Crippen LogP contribution in [0.15, 0.2) is 0 Å². The van der Waals surface area contributed by atoms with Crippen molar-refractivity contribution in [2.24, 2.45) is 5.92 Å². The molecule has 1 spiro atoms. The van der Waals surface area contributed by atoms with Crippen molar-refractivity contribution in [3.63, 3.8) is 0 Å². The molecule has 2 fully saturated rings. The lowest BCUT2D eigenvalue weighted by molar-refractivity contribution is 0.119. The Morgan fingerprint density at radius 3 is 2.42 bits per heavy atom. The van der Waals surface area contributed by atoms with Crippen LogP contribution < -0.4 is 5.32 Å². The van der Waals surface area contributed by atoms with E-state index < -0.39 is 0 Å². The van der Waals surface area contributed by atoms with Gasteiger partial charge in [0.2, 0.25) is 0 Å². The van der Waals surface area contributed by atoms with Crippen LogP contribution in [0.25, 0.3) is 0 Å². The SMILES string of the molecule is CC1CCCC[C@@]12CCCCN2. The first-order chi connectivity index (χ1) is 5.83. The molecule has 12 heavy (non-hydrogen) atoms. The van der Waals surface area contributed by atoms with Gasteiger partial charge in [0.1, 0.15) is 0 Å². The van der Waals surface area contributed by atoms with Gasteiger partial charge in [-0.15, -0.1) is 0 Å². The van der Waals surface area contributed by atoms with Crippen LogP contribution in [0.1, 0.15) is 51.9 Å². The second kappa shape index (κ2) is 3.37. The first kappa shape index (κ1) is 8.55. The average molecular weight is 167 g/mol. The maximum absolute atomic E-state index is 3.78. The third-order valence-electron chi connectivity index (χ3n) is 3.98. The number of hydrogen-bond acceptors (Lipinski definition) is 1. The summed E-state index contributed by atoms with van der Waals surface area (Å²) in [4.78, 5) is 0. The fourth-order valence-corrected chi connectivity index (χ4v) is 3.04. The summed E-state index contributed by atoms with van der Waals surface area (Å²) in [5, 5.41) is 3.78. The Morgan fingerprint density at radius 1 is 1.08 bits per heavy atom. The van der Waals surface area contributed by atoms with E-state index in [1.165, 1.54) is 51.5 Å². The van der Waals surface area contributed by atoms with Crippen molar-refractivity contribution in [1.82, 2.24) is 5.32 Å². The molecule has 2 rings (SSSR count). The Kier molecular flexibility index (Phi) is 2.40. The Hall–Kier alpha value is -0.0400. The Balaban J connectivity index is 2.04. The van der Waals surface area contributed by atoms with Crippen molar-refractivity contribution in [3.05, 3.63) is 0 Å². The van der Waals surface area contributed by atoms with Crippen molar-refractivity contribution in [2.45, 2.75) is 57.4 Å². The van der Waals surface area contributed by atoms with Crippen LogP contribution in [-0.2, 0) is 0 Å². The van der Waals surface area contributed by atoms with E-state index in [0.29, 0.717) is 5.54 Å². The predicted octanol–water partition coefficient (Wildman–Crippen LogP) is 2.71. The zero-order chi connectivity index (χ0) is 8.44. The molecule has 1 saturated carbocycles. The Morgan fingerprint density at radius 2 is 1.83 bits per heavy atom. The van der Waals surface area contributed by atoms with Gasteiger partial charge in [-0.3, -0.25) is 0 Å². The first-order valence-corrected chi connectivity index (χ1v) is 5.58. The van der Waals surface area contributed by atoms with Gasteiger partial charge in [0.25, 0.3) is 0 Å². The van der Waals surface area contributed by atoms with E-state index in [0.717, 1.165) is 5.92 Å². The second-order valence-corrected chi connectivity index (χ2v) is 4.69. The van der Waals surface area contributed by atoms with Crippen LogP contribution in [0.3, 0.4) is 0 Å². The fourth-order valence-electron chi connectivity index (χ4n) is 3.04.